The zero-order valence-corrected chi connectivity index (χ0v) is 22.5. The molecule has 2 rings (SSSR count). The lowest BCUT2D eigenvalue weighted by molar-refractivity contribution is -0.113. The minimum absolute atomic E-state index is 0.142. The molecule has 1 aromatic rings. The summed E-state index contributed by atoms with van der Waals surface area (Å²) >= 11 is 6.90. The van der Waals surface area contributed by atoms with E-state index in [2.05, 4.69) is 73.4 Å². The predicted molar refractivity (Wildman–Crippen MR) is 131 cm³/mol. The van der Waals surface area contributed by atoms with Gasteiger partial charge >= 0.3 is 0 Å². The summed E-state index contributed by atoms with van der Waals surface area (Å²) in [7, 11) is 0. The molecule has 1 nitrogen and oxygen atoms in total. The number of halogens is 3. The first kappa shape index (κ1) is 27.1. The molecule has 0 amide bonds. The number of aliphatic hydroxyl groups is 1. The molecular formula is C25H41Br2FO. The minimum Gasteiger partial charge on any atom is -0.384 e. The molecule has 168 valence electrons. The van der Waals surface area contributed by atoms with Gasteiger partial charge in [0.15, 0.2) is 0 Å². The predicted octanol–water partition coefficient (Wildman–Crippen LogP) is 9.31. The van der Waals surface area contributed by atoms with Gasteiger partial charge in [-0.05, 0) is 52.7 Å². The quantitative estimate of drug-likeness (QED) is 0.246. The second-order valence-corrected chi connectivity index (χ2v) is 10.8. The van der Waals surface area contributed by atoms with Gasteiger partial charge in [0.1, 0.15) is 5.82 Å². The van der Waals surface area contributed by atoms with Gasteiger partial charge < -0.3 is 5.11 Å². The van der Waals surface area contributed by atoms with Gasteiger partial charge in [-0.15, -0.1) is 0 Å². The van der Waals surface area contributed by atoms with Crippen molar-refractivity contribution < 1.29 is 9.50 Å². The Hall–Kier alpha value is 0.0700. The van der Waals surface area contributed by atoms with Gasteiger partial charge in [-0.1, -0.05) is 102 Å². The van der Waals surface area contributed by atoms with Crippen LogP contribution in [0.15, 0.2) is 15.0 Å². The molecule has 1 aliphatic carbocycles. The Morgan fingerprint density at radius 3 is 1.93 bits per heavy atom. The molecule has 0 bridgehead atoms. The van der Waals surface area contributed by atoms with E-state index in [1.807, 2.05) is 0 Å². The Balaban J connectivity index is 0.000000516. The monoisotopic (exact) mass is 534 g/mol. The van der Waals surface area contributed by atoms with Crippen molar-refractivity contribution >= 4 is 31.9 Å². The van der Waals surface area contributed by atoms with Gasteiger partial charge in [0.25, 0.3) is 0 Å². The van der Waals surface area contributed by atoms with Crippen LogP contribution in [0.4, 0.5) is 4.39 Å². The van der Waals surface area contributed by atoms with Gasteiger partial charge in [-0.2, -0.15) is 0 Å². The summed E-state index contributed by atoms with van der Waals surface area (Å²) in [5.41, 5.74) is 0.482. The van der Waals surface area contributed by atoms with Gasteiger partial charge in [0.05, 0.1) is 10.1 Å². The molecule has 29 heavy (non-hydrogen) atoms. The van der Waals surface area contributed by atoms with Crippen molar-refractivity contribution in [2.24, 2.45) is 11.3 Å². The molecule has 1 N–H and O–H groups in total. The van der Waals surface area contributed by atoms with Crippen LogP contribution in [0.3, 0.4) is 0 Å². The summed E-state index contributed by atoms with van der Waals surface area (Å²) in [6, 6.07) is 1.50. The van der Waals surface area contributed by atoms with Gasteiger partial charge in [-0.3, -0.25) is 0 Å². The van der Waals surface area contributed by atoms with E-state index >= 15 is 0 Å². The van der Waals surface area contributed by atoms with E-state index in [0.717, 1.165) is 47.7 Å². The molecule has 0 saturated carbocycles. The van der Waals surface area contributed by atoms with Crippen LogP contribution in [0, 0.1) is 17.2 Å². The van der Waals surface area contributed by atoms with Crippen molar-refractivity contribution in [3.05, 3.63) is 32.0 Å². The fraction of sp³-hybridized carbons (Fsp3) is 0.760. The Bertz CT molecular complexity index is 634. The average Bonchev–Trinajstić information content (AvgIpc) is 2.88. The van der Waals surface area contributed by atoms with Crippen LogP contribution in [0.1, 0.15) is 110 Å². The van der Waals surface area contributed by atoms with Crippen molar-refractivity contribution in [2.45, 2.75) is 111 Å². The van der Waals surface area contributed by atoms with Crippen molar-refractivity contribution in [1.29, 1.82) is 0 Å². The lowest BCUT2D eigenvalue weighted by Crippen LogP contribution is -2.45. The highest BCUT2D eigenvalue weighted by Gasteiger charge is 2.56. The van der Waals surface area contributed by atoms with E-state index in [0.29, 0.717) is 4.47 Å². The Morgan fingerprint density at radius 2 is 1.48 bits per heavy atom. The zero-order chi connectivity index (χ0) is 22.2. The molecule has 0 radical (unpaired) electrons. The molecule has 4 heteroatoms. The topological polar surface area (TPSA) is 20.2 Å². The highest BCUT2D eigenvalue weighted by molar-refractivity contribution is 9.11. The lowest BCUT2D eigenvalue weighted by atomic mass is 9.65. The molecule has 0 fully saturated rings. The molecular weight excluding hydrogens is 495 g/mol. The van der Waals surface area contributed by atoms with Crippen LogP contribution in [0.5, 0.6) is 0 Å². The Kier molecular flexibility index (Phi) is 11.4. The highest BCUT2D eigenvalue weighted by atomic mass is 79.9. The van der Waals surface area contributed by atoms with E-state index in [9.17, 15) is 9.50 Å². The number of unbranched alkanes of at least 4 members (excludes halogenated alkanes) is 4. The molecule has 1 aliphatic rings. The van der Waals surface area contributed by atoms with Crippen LogP contribution in [-0.2, 0) is 12.0 Å². The molecule has 0 aromatic heterocycles. The molecule has 0 aliphatic heterocycles. The van der Waals surface area contributed by atoms with Crippen LogP contribution in [0.2, 0.25) is 0 Å². The fourth-order valence-electron chi connectivity index (χ4n) is 4.81. The van der Waals surface area contributed by atoms with Gasteiger partial charge in [0.2, 0.25) is 0 Å². The minimum atomic E-state index is -1.00. The number of rotatable bonds is 9. The third kappa shape index (κ3) is 6.07. The normalized spacial score (nSPS) is 19.8. The van der Waals surface area contributed by atoms with Crippen molar-refractivity contribution in [2.75, 3.05) is 0 Å². The fourth-order valence-corrected chi connectivity index (χ4v) is 6.01. The van der Waals surface area contributed by atoms with Gasteiger partial charge in [0, 0.05) is 15.5 Å². The highest BCUT2D eigenvalue weighted by Crippen LogP contribution is 2.59. The van der Waals surface area contributed by atoms with Crippen LogP contribution in [-0.4, -0.2) is 5.11 Å². The summed E-state index contributed by atoms with van der Waals surface area (Å²) in [6.07, 6.45) is 11.7. The maximum absolute atomic E-state index is 14.3. The maximum Gasteiger partial charge on any atom is 0.138 e. The summed E-state index contributed by atoms with van der Waals surface area (Å²) in [6.45, 7) is 13.0. The first-order valence-corrected chi connectivity index (χ1v) is 13.1. The van der Waals surface area contributed by atoms with Crippen LogP contribution < -0.4 is 0 Å². The molecule has 0 saturated heterocycles. The molecule has 1 atom stereocenters. The van der Waals surface area contributed by atoms with Crippen molar-refractivity contribution in [3.8, 4) is 0 Å². The third-order valence-corrected chi connectivity index (χ3v) is 7.86. The van der Waals surface area contributed by atoms with E-state index in [1.165, 1.54) is 38.2 Å². The van der Waals surface area contributed by atoms with Crippen LogP contribution >= 0.6 is 31.9 Å². The number of hydrogen-bond donors (Lipinski definition) is 1. The summed E-state index contributed by atoms with van der Waals surface area (Å²) in [5.74, 6) is -0.169. The Morgan fingerprint density at radius 1 is 0.966 bits per heavy atom. The maximum atomic E-state index is 14.3. The largest absolute Gasteiger partial charge is 0.384 e. The van der Waals surface area contributed by atoms with Crippen molar-refractivity contribution in [1.82, 2.24) is 0 Å². The van der Waals surface area contributed by atoms with E-state index in [4.69, 9.17) is 0 Å². The standard InChI is InChI=1S/C18H25Br2FO.C7H16/c1-5-7-11(8-6-2)18(22)15-12(10-17(18,3)4)13(19)9-14(21)16(15)20;1-3-5-7-6-4-2/h9,11,22H,5-8,10H2,1-4H3;3-7H2,1-2H3. The van der Waals surface area contributed by atoms with Gasteiger partial charge in [-0.25, -0.2) is 4.39 Å². The van der Waals surface area contributed by atoms with E-state index in [1.54, 1.807) is 0 Å². The zero-order valence-electron chi connectivity index (χ0n) is 19.3. The molecule has 1 unspecified atom stereocenters. The second kappa shape index (κ2) is 12.2. The number of benzene rings is 1. The van der Waals surface area contributed by atoms with Crippen LogP contribution in [0.25, 0.3) is 0 Å². The first-order chi connectivity index (χ1) is 13.6. The first-order valence-electron chi connectivity index (χ1n) is 11.5. The third-order valence-electron chi connectivity index (χ3n) is 6.38. The number of fused-ring (bicyclic) bond motifs is 1. The van der Waals surface area contributed by atoms with Crippen molar-refractivity contribution in [3.63, 3.8) is 0 Å². The Labute approximate surface area is 195 Å². The summed E-state index contributed by atoms with van der Waals surface area (Å²) in [5, 5.41) is 11.8. The summed E-state index contributed by atoms with van der Waals surface area (Å²) in [4.78, 5) is 0. The average molecular weight is 536 g/mol. The molecule has 1 aromatic carbocycles. The van der Waals surface area contributed by atoms with E-state index in [-0.39, 0.29) is 17.2 Å². The SMILES string of the molecule is CCCC(CCC)C1(O)c2c(Br)c(F)cc(Br)c2CC1(C)C.CCCCCCC. The number of hydrogen-bond acceptors (Lipinski definition) is 1. The summed E-state index contributed by atoms with van der Waals surface area (Å²) < 4.78 is 15.5. The smallest absolute Gasteiger partial charge is 0.138 e. The van der Waals surface area contributed by atoms with E-state index < -0.39 is 5.60 Å². The molecule has 0 heterocycles. The lowest BCUT2D eigenvalue weighted by Gasteiger charge is -2.44. The second-order valence-electron chi connectivity index (χ2n) is 9.17. The molecule has 0 spiro atoms.